The van der Waals surface area contributed by atoms with Gasteiger partial charge in [0.05, 0.1) is 11.7 Å². The van der Waals surface area contributed by atoms with E-state index in [4.69, 9.17) is 0 Å². The first-order valence-electron chi connectivity index (χ1n) is 5.50. The number of pyridine rings is 1. The van der Waals surface area contributed by atoms with Crippen LogP contribution >= 0.6 is 11.3 Å². The van der Waals surface area contributed by atoms with Crippen LogP contribution in [0.4, 0.5) is 0 Å². The van der Waals surface area contributed by atoms with Gasteiger partial charge in [-0.3, -0.25) is 4.98 Å². The first kappa shape index (κ1) is 11.3. The van der Waals surface area contributed by atoms with Gasteiger partial charge in [-0.1, -0.05) is 13.0 Å². The number of hydrogen-bond acceptors (Lipinski definition) is 3. The van der Waals surface area contributed by atoms with Gasteiger partial charge in [0, 0.05) is 6.20 Å². The van der Waals surface area contributed by atoms with Crippen molar-refractivity contribution in [2.24, 2.45) is 0 Å². The predicted octanol–water partition coefficient (Wildman–Crippen LogP) is 3.15. The monoisotopic (exact) mass is 232 g/mol. The zero-order valence-electron chi connectivity index (χ0n) is 9.60. The van der Waals surface area contributed by atoms with Gasteiger partial charge in [-0.2, -0.15) is 11.3 Å². The smallest absolute Gasteiger partial charge is 0.0762 e. The van der Waals surface area contributed by atoms with Crippen molar-refractivity contribution >= 4 is 11.3 Å². The lowest BCUT2D eigenvalue weighted by Crippen LogP contribution is -2.23. The van der Waals surface area contributed by atoms with Gasteiger partial charge in [0.25, 0.3) is 0 Å². The first-order valence-corrected chi connectivity index (χ1v) is 6.44. The average molecular weight is 232 g/mol. The van der Waals surface area contributed by atoms with Crippen molar-refractivity contribution in [2.75, 3.05) is 6.54 Å². The first-order chi connectivity index (χ1) is 7.83. The standard InChI is InChI=1S/C13H16N2S/c1-3-14-13(11-6-8-16-9-11)12-10(2)5-4-7-15-12/h4-9,13-14H,3H2,1-2H3. The Kier molecular flexibility index (Phi) is 3.70. The molecule has 0 aliphatic carbocycles. The molecule has 0 saturated heterocycles. The molecule has 0 bridgehead atoms. The highest BCUT2D eigenvalue weighted by Gasteiger charge is 2.16. The van der Waals surface area contributed by atoms with Crippen LogP contribution in [0.2, 0.25) is 0 Å². The molecule has 0 spiro atoms. The summed E-state index contributed by atoms with van der Waals surface area (Å²) in [6.07, 6.45) is 1.86. The van der Waals surface area contributed by atoms with Gasteiger partial charge < -0.3 is 5.32 Å². The molecule has 2 aromatic rings. The molecule has 0 radical (unpaired) electrons. The quantitative estimate of drug-likeness (QED) is 0.876. The molecular formula is C13H16N2S. The van der Waals surface area contributed by atoms with E-state index in [0.29, 0.717) is 0 Å². The summed E-state index contributed by atoms with van der Waals surface area (Å²) in [7, 11) is 0. The van der Waals surface area contributed by atoms with E-state index in [9.17, 15) is 0 Å². The van der Waals surface area contributed by atoms with Crippen LogP contribution in [0.5, 0.6) is 0 Å². The maximum Gasteiger partial charge on any atom is 0.0762 e. The van der Waals surface area contributed by atoms with Crippen molar-refractivity contribution in [3.63, 3.8) is 0 Å². The minimum absolute atomic E-state index is 0.220. The molecule has 0 aliphatic heterocycles. The Bertz CT molecular complexity index is 437. The SMILES string of the molecule is CCNC(c1ccsc1)c1ncccc1C. The van der Waals surface area contributed by atoms with Gasteiger partial charge >= 0.3 is 0 Å². The van der Waals surface area contributed by atoms with Crippen molar-refractivity contribution in [1.82, 2.24) is 10.3 Å². The Labute approximate surface area is 100 Å². The highest BCUT2D eigenvalue weighted by Crippen LogP contribution is 2.24. The minimum atomic E-state index is 0.220. The summed E-state index contributed by atoms with van der Waals surface area (Å²) in [5.74, 6) is 0. The summed E-state index contributed by atoms with van der Waals surface area (Å²) in [4.78, 5) is 4.50. The molecule has 16 heavy (non-hydrogen) atoms. The third-order valence-electron chi connectivity index (χ3n) is 2.61. The number of nitrogens with one attached hydrogen (secondary N) is 1. The number of nitrogens with zero attached hydrogens (tertiary/aromatic N) is 1. The van der Waals surface area contributed by atoms with E-state index in [2.05, 4.69) is 47.0 Å². The molecule has 3 heteroatoms. The molecule has 84 valence electrons. The molecule has 2 aromatic heterocycles. The van der Waals surface area contributed by atoms with E-state index in [0.717, 1.165) is 12.2 Å². The van der Waals surface area contributed by atoms with Gasteiger partial charge in [0.1, 0.15) is 0 Å². The molecule has 2 nitrogen and oxygen atoms in total. The summed E-state index contributed by atoms with van der Waals surface area (Å²) in [6.45, 7) is 5.17. The van der Waals surface area contributed by atoms with Crippen molar-refractivity contribution < 1.29 is 0 Å². The van der Waals surface area contributed by atoms with E-state index in [1.807, 2.05) is 12.3 Å². The third kappa shape index (κ3) is 2.31. The van der Waals surface area contributed by atoms with Crippen molar-refractivity contribution in [1.29, 1.82) is 0 Å². The lowest BCUT2D eigenvalue weighted by Gasteiger charge is -2.18. The number of rotatable bonds is 4. The maximum absolute atomic E-state index is 4.50. The summed E-state index contributed by atoms with van der Waals surface area (Å²) >= 11 is 1.73. The maximum atomic E-state index is 4.50. The Morgan fingerprint density at radius 3 is 2.94 bits per heavy atom. The van der Waals surface area contributed by atoms with Gasteiger partial charge in [-0.25, -0.2) is 0 Å². The van der Waals surface area contributed by atoms with E-state index in [1.165, 1.54) is 11.1 Å². The van der Waals surface area contributed by atoms with Crippen LogP contribution in [-0.2, 0) is 0 Å². The lowest BCUT2D eigenvalue weighted by molar-refractivity contribution is 0.614. The molecule has 0 aromatic carbocycles. The minimum Gasteiger partial charge on any atom is -0.305 e. The predicted molar refractivity (Wildman–Crippen MR) is 68.8 cm³/mol. The van der Waals surface area contributed by atoms with Gasteiger partial charge in [-0.15, -0.1) is 0 Å². The molecule has 1 unspecified atom stereocenters. The Balaban J connectivity index is 2.37. The van der Waals surface area contributed by atoms with Crippen LogP contribution in [0.25, 0.3) is 0 Å². The van der Waals surface area contributed by atoms with Gasteiger partial charge in [0.2, 0.25) is 0 Å². The van der Waals surface area contributed by atoms with Crippen molar-refractivity contribution in [3.8, 4) is 0 Å². The normalized spacial score (nSPS) is 12.6. The van der Waals surface area contributed by atoms with E-state index >= 15 is 0 Å². The van der Waals surface area contributed by atoms with Crippen LogP contribution in [0.15, 0.2) is 35.2 Å². The Hall–Kier alpha value is -1.19. The molecule has 0 amide bonds. The number of thiophene rings is 1. The van der Waals surface area contributed by atoms with E-state index < -0.39 is 0 Å². The molecular weight excluding hydrogens is 216 g/mol. The molecule has 2 heterocycles. The highest BCUT2D eigenvalue weighted by molar-refractivity contribution is 7.08. The summed E-state index contributed by atoms with van der Waals surface area (Å²) in [6, 6.07) is 6.47. The fourth-order valence-corrected chi connectivity index (χ4v) is 2.50. The summed E-state index contributed by atoms with van der Waals surface area (Å²) < 4.78 is 0. The summed E-state index contributed by atoms with van der Waals surface area (Å²) in [5.41, 5.74) is 3.66. The van der Waals surface area contributed by atoms with Gasteiger partial charge in [0.15, 0.2) is 0 Å². The second-order valence-electron chi connectivity index (χ2n) is 3.75. The number of aromatic nitrogens is 1. The van der Waals surface area contributed by atoms with Gasteiger partial charge in [-0.05, 0) is 47.5 Å². The third-order valence-corrected chi connectivity index (χ3v) is 3.31. The fraction of sp³-hybridized carbons (Fsp3) is 0.308. The molecule has 1 atom stereocenters. The van der Waals surface area contributed by atoms with Crippen LogP contribution in [-0.4, -0.2) is 11.5 Å². The topological polar surface area (TPSA) is 24.9 Å². The Morgan fingerprint density at radius 2 is 2.31 bits per heavy atom. The van der Waals surface area contributed by atoms with Crippen LogP contribution in [0.1, 0.15) is 29.8 Å². The fourth-order valence-electron chi connectivity index (χ4n) is 1.82. The number of aryl methyl sites for hydroxylation is 1. The van der Waals surface area contributed by atoms with Crippen LogP contribution in [0, 0.1) is 6.92 Å². The van der Waals surface area contributed by atoms with Crippen molar-refractivity contribution in [3.05, 3.63) is 52.0 Å². The van der Waals surface area contributed by atoms with Crippen LogP contribution in [0.3, 0.4) is 0 Å². The molecule has 0 fully saturated rings. The van der Waals surface area contributed by atoms with Crippen molar-refractivity contribution in [2.45, 2.75) is 19.9 Å². The molecule has 0 aliphatic rings. The Morgan fingerprint density at radius 1 is 1.44 bits per heavy atom. The number of hydrogen-bond donors (Lipinski definition) is 1. The largest absolute Gasteiger partial charge is 0.305 e. The molecule has 1 N–H and O–H groups in total. The zero-order valence-corrected chi connectivity index (χ0v) is 10.4. The highest BCUT2D eigenvalue weighted by atomic mass is 32.1. The zero-order chi connectivity index (χ0) is 11.4. The van der Waals surface area contributed by atoms with E-state index in [-0.39, 0.29) is 6.04 Å². The second kappa shape index (κ2) is 5.23. The molecule has 0 saturated carbocycles. The summed E-state index contributed by atoms with van der Waals surface area (Å²) in [5, 5.41) is 7.78. The van der Waals surface area contributed by atoms with Crippen LogP contribution < -0.4 is 5.32 Å². The average Bonchev–Trinajstić information content (AvgIpc) is 2.80. The lowest BCUT2D eigenvalue weighted by atomic mass is 10.0. The second-order valence-corrected chi connectivity index (χ2v) is 4.53. The van der Waals surface area contributed by atoms with E-state index in [1.54, 1.807) is 11.3 Å². The molecule has 2 rings (SSSR count).